The van der Waals surface area contributed by atoms with Crippen molar-refractivity contribution in [1.82, 2.24) is 0 Å². The molecule has 3 aliphatic rings. The number of hydrogen-bond donors (Lipinski definition) is 0. The largest absolute Gasteiger partial charge is 0.213 e. The standard InChI is InChI=1S/C18H31B4S2/c19-20-14-8-6-10-15-16(11-7-9-14)22-24-18-13-5-3-1-2-4-12-17(18)23-21-15/h14-18H,1-13H2. The molecule has 0 aromatic carbocycles. The Morgan fingerprint density at radius 2 is 1.12 bits per heavy atom. The van der Waals surface area contributed by atoms with Gasteiger partial charge >= 0.3 is 0 Å². The summed E-state index contributed by atoms with van der Waals surface area (Å²) in [6.07, 6.45) is 18.2. The minimum absolute atomic E-state index is 0.660. The molecule has 24 heavy (non-hydrogen) atoms. The average molecular weight is 355 g/mol. The van der Waals surface area contributed by atoms with E-state index < -0.39 is 0 Å². The lowest BCUT2D eigenvalue weighted by Crippen LogP contribution is -2.28. The van der Waals surface area contributed by atoms with Crippen molar-refractivity contribution in [1.29, 1.82) is 0 Å². The number of fused-ring (bicyclic) bond motifs is 2. The van der Waals surface area contributed by atoms with Gasteiger partial charge in [-0.3, -0.25) is 0 Å². The van der Waals surface area contributed by atoms with Crippen LogP contribution < -0.4 is 0 Å². The maximum Gasteiger partial charge on any atom is 0.195 e. The predicted octanol–water partition coefficient (Wildman–Crippen LogP) is 5.69. The molecule has 2 saturated carbocycles. The van der Waals surface area contributed by atoms with E-state index in [0.29, 0.717) is 5.82 Å². The van der Waals surface area contributed by atoms with Crippen molar-refractivity contribution in [3.8, 4) is 0 Å². The predicted molar refractivity (Wildman–Crippen MR) is 117 cm³/mol. The van der Waals surface area contributed by atoms with Crippen molar-refractivity contribution < 1.29 is 0 Å². The smallest absolute Gasteiger partial charge is 0.195 e. The van der Waals surface area contributed by atoms with E-state index >= 15 is 0 Å². The molecule has 1 aliphatic heterocycles. The first-order valence-corrected chi connectivity index (χ1v) is 12.3. The lowest BCUT2D eigenvalue weighted by Gasteiger charge is -2.35. The topological polar surface area (TPSA) is 0 Å². The molecule has 0 N–H and O–H groups in total. The van der Waals surface area contributed by atoms with E-state index in [4.69, 9.17) is 7.74 Å². The summed E-state index contributed by atoms with van der Waals surface area (Å²) in [5, 5.41) is 1.73. The van der Waals surface area contributed by atoms with Gasteiger partial charge in [-0.2, -0.15) is 0 Å². The van der Waals surface area contributed by atoms with Crippen molar-refractivity contribution in [3.05, 3.63) is 0 Å². The van der Waals surface area contributed by atoms with Gasteiger partial charge in [0.2, 0.25) is 0 Å². The van der Waals surface area contributed by atoms with E-state index in [9.17, 15) is 0 Å². The van der Waals surface area contributed by atoms with Crippen LogP contribution in [0.4, 0.5) is 0 Å². The maximum absolute atomic E-state index is 5.84. The van der Waals surface area contributed by atoms with Gasteiger partial charge in [0, 0.05) is 18.2 Å². The molecule has 0 nitrogen and oxygen atoms in total. The molecule has 4 atom stereocenters. The molecular weight excluding hydrogens is 324 g/mol. The highest BCUT2D eigenvalue weighted by Crippen LogP contribution is 2.46. The van der Waals surface area contributed by atoms with Crippen molar-refractivity contribution in [2.75, 3.05) is 0 Å². The zero-order valence-corrected chi connectivity index (χ0v) is 16.8. The van der Waals surface area contributed by atoms with Crippen molar-refractivity contribution in [3.63, 3.8) is 0 Å². The summed E-state index contributed by atoms with van der Waals surface area (Å²) < 4.78 is 0. The van der Waals surface area contributed by atoms with Gasteiger partial charge in [0.05, 0.1) is 7.17 Å². The molecule has 6 heteroatoms. The van der Waals surface area contributed by atoms with Crippen LogP contribution in [0, 0.1) is 0 Å². The first kappa shape index (κ1) is 19.7. The molecule has 2 aliphatic carbocycles. The van der Waals surface area contributed by atoms with Crippen molar-refractivity contribution in [2.24, 2.45) is 0 Å². The van der Waals surface area contributed by atoms with Crippen LogP contribution in [0.3, 0.4) is 0 Å². The Bertz CT molecular complexity index is 328. The van der Waals surface area contributed by atoms with Gasteiger partial charge in [0.15, 0.2) is 13.1 Å². The van der Waals surface area contributed by atoms with Gasteiger partial charge in [-0.1, -0.05) is 88.1 Å². The summed E-state index contributed by atoms with van der Waals surface area (Å²) >= 11 is 4.46. The second-order valence-electron chi connectivity index (χ2n) is 8.11. The van der Waals surface area contributed by atoms with Crippen LogP contribution in [0.2, 0.25) is 17.5 Å². The van der Waals surface area contributed by atoms with Crippen LogP contribution >= 0.6 is 23.2 Å². The summed E-state index contributed by atoms with van der Waals surface area (Å²) in [6.45, 7) is 5.37. The van der Waals surface area contributed by atoms with Crippen LogP contribution in [-0.2, 0) is 0 Å². The van der Waals surface area contributed by atoms with E-state index in [1.807, 2.05) is 7.17 Å². The monoisotopic (exact) mass is 355 g/mol. The van der Waals surface area contributed by atoms with E-state index in [1.165, 1.54) is 83.5 Å². The fraction of sp³-hybridized carbons (Fsp3) is 1.00. The number of hydrogen-bond acceptors (Lipinski definition) is 2. The fourth-order valence-corrected chi connectivity index (χ4v) is 7.74. The maximum atomic E-state index is 5.84. The molecule has 3 fully saturated rings. The molecule has 0 bridgehead atoms. The lowest BCUT2D eigenvalue weighted by molar-refractivity contribution is 0.617. The third-order valence-corrected chi connectivity index (χ3v) is 9.31. The Morgan fingerprint density at radius 3 is 1.62 bits per heavy atom. The lowest BCUT2D eigenvalue weighted by atomic mass is 9.45. The minimum atomic E-state index is 0.660. The summed E-state index contributed by atoms with van der Waals surface area (Å²) in [6, 6.07) is 0. The Morgan fingerprint density at radius 1 is 0.625 bits per heavy atom. The zero-order valence-electron chi connectivity index (χ0n) is 15.2. The fourth-order valence-electron chi connectivity index (χ4n) is 4.64. The molecule has 1 heterocycles. The van der Waals surface area contributed by atoms with Crippen molar-refractivity contribution in [2.45, 2.75) is 111 Å². The number of rotatable bonds is 1. The van der Waals surface area contributed by atoms with Gasteiger partial charge in [-0.05, 0) is 12.8 Å². The summed E-state index contributed by atoms with van der Waals surface area (Å²) in [4.78, 5) is 0. The Balaban J connectivity index is 1.60. The Hall–Kier alpha value is 0.960. The molecule has 4 unspecified atom stereocenters. The third kappa shape index (κ3) is 6.00. The minimum Gasteiger partial charge on any atom is -0.213 e. The highest BCUT2D eigenvalue weighted by atomic mass is 32.2. The molecule has 0 spiro atoms. The highest BCUT2D eigenvalue weighted by Gasteiger charge is 2.33. The van der Waals surface area contributed by atoms with E-state index in [0.717, 1.165) is 22.1 Å². The van der Waals surface area contributed by atoms with Gasteiger partial charge in [-0.25, -0.2) is 23.2 Å². The van der Waals surface area contributed by atoms with Crippen LogP contribution in [0.25, 0.3) is 0 Å². The second-order valence-corrected chi connectivity index (χ2v) is 10.4. The molecule has 0 aromatic heterocycles. The quantitative estimate of drug-likeness (QED) is 0.554. The second kappa shape index (κ2) is 11.0. The zero-order chi connectivity index (χ0) is 16.6. The van der Waals surface area contributed by atoms with Gasteiger partial charge < -0.3 is 0 Å². The van der Waals surface area contributed by atoms with Crippen LogP contribution in [0.5, 0.6) is 0 Å². The highest BCUT2D eigenvalue weighted by molar-refractivity contribution is 8.26. The summed E-state index contributed by atoms with van der Waals surface area (Å²) in [5.74, 6) is 2.26. The van der Waals surface area contributed by atoms with E-state index in [-0.39, 0.29) is 0 Å². The molecule has 1 saturated heterocycles. The molecule has 3 rings (SSSR count). The van der Waals surface area contributed by atoms with Gasteiger partial charge in [0.1, 0.15) is 0 Å². The molecule has 0 amide bonds. The van der Waals surface area contributed by atoms with Gasteiger partial charge in [-0.15, -0.1) is 0 Å². The molecule has 5 radical (unpaired) electrons. The molecule has 0 aromatic rings. The normalized spacial score (nSPS) is 39.2. The summed E-state index contributed by atoms with van der Waals surface area (Å²) in [5.41, 5.74) is 0. The average Bonchev–Trinajstić information content (AvgIpc) is 2.75. The Kier molecular flexibility index (Phi) is 9.00. The third-order valence-electron chi connectivity index (χ3n) is 6.30. The molecule has 127 valence electrons. The molecular formula is C18H31B4S2. The van der Waals surface area contributed by atoms with Crippen LogP contribution in [0.15, 0.2) is 0 Å². The van der Waals surface area contributed by atoms with E-state index in [1.54, 1.807) is 0 Å². The first-order valence-electron chi connectivity index (χ1n) is 10.4. The Labute approximate surface area is 162 Å². The SMILES string of the molecule is [B][B]C1CCCC2[B]SC3CCCCCCCC3S[B]C2CCC1. The van der Waals surface area contributed by atoms with Gasteiger partial charge in [0.25, 0.3) is 0 Å². The summed E-state index contributed by atoms with van der Waals surface area (Å²) in [7, 11) is 7.81. The van der Waals surface area contributed by atoms with E-state index in [2.05, 4.69) is 36.3 Å². The first-order chi connectivity index (χ1) is 11.9. The van der Waals surface area contributed by atoms with Crippen molar-refractivity contribution >= 4 is 51.2 Å². The van der Waals surface area contributed by atoms with Crippen LogP contribution in [0.1, 0.15) is 83.5 Å². The van der Waals surface area contributed by atoms with Crippen LogP contribution in [-0.4, -0.2) is 38.5 Å².